The van der Waals surface area contributed by atoms with Crippen LogP contribution < -0.4 is 10.1 Å². The van der Waals surface area contributed by atoms with Gasteiger partial charge in [0.15, 0.2) is 0 Å². The molecule has 1 aliphatic carbocycles. The van der Waals surface area contributed by atoms with E-state index in [1.807, 2.05) is 25.1 Å². The molecule has 1 fully saturated rings. The predicted octanol–water partition coefficient (Wildman–Crippen LogP) is 2.79. The van der Waals surface area contributed by atoms with Crippen LogP contribution in [-0.2, 0) is 4.74 Å². The minimum atomic E-state index is -0.00472. The highest BCUT2D eigenvalue weighted by atomic mass is 35.5. The topological polar surface area (TPSA) is 30.5 Å². The molecule has 1 aromatic carbocycles. The van der Waals surface area contributed by atoms with E-state index in [4.69, 9.17) is 21.1 Å². The lowest BCUT2D eigenvalue weighted by molar-refractivity contribution is 0.0804. The van der Waals surface area contributed by atoms with Gasteiger partial charge in [0, 0.05) is 19.7 Å². The summed E-state index contributed by atoms with van der Waals surface area (Å²) < 4.78 is 11.1. The summed E-state index contributed by atoms with van der Waals surface area (Å²) in [5.74, 6) is 0.733. The number of aryl methyl sites for hydroxylation is 1. The molecule has 3 nitrogen and oxygen atoms in total. The molecule has 0 bridgehead atoms. The van der Waals surface area contributed by atoms with Gasteiger partial charge in [-0.15, -0.1) is 0 Å². The van der Waals surface area contributed by atoms with Gasteiger partial charge in [0.2, 0.25) is 0 Å². The molecule has 0 spiro atoms. The van der Waals surface area contributed by atoms with Crippen molar-refractivity contribution in [2.24, 2.45) is 0 Å². The molecule has 0 heterocycles. The molecule has 2 rings (SSSR count). The molecule has 1 saturated carbocycles. The van der Waals surface area contributed by atoms with Gasteiger partial charge >= 0.3 is 0 Å². The van der Waals surface area contributed by atoms with Crippen LogP contribution in [0, 0.1) is 6.92 Å². The fourth-order valence-corrected chi connectivity index (χ4v) is 1.95. The monoisotopic (exact) mass is 269 g/mol. The highest BCUT2D eigenvalue weighted by molar-refractivity contribution is 6.32. The van der Waals surface area contributed by atoms with Gasteiger partial charge in [-0.25, -0.2) is 0 Å². The second kappa shape index (κ2) is 6.41. The Bertz CT molecular complexity index is 393. The molecule has 1 N–H and O–H groups in total. The minimum absolute atomic E-state index is 0.00472. The smallest absolute Gasteiger partial charge is 0.138 e. The van der Waals surface area contributed by atoms with Crippen molar-refractivity contribution in [3.8, 4) is 5.75 Å². The van der Waals surface area contributed by atoms with Crippen LogP contribution in [0.2, 0.25) is 5.02 Å². The van der Waals surface area contributed by atoms with Crippen LogP contribution in [-0.4, -0.2) is 32.4 Å². The minimum Gasteiger partial charge on any atom is -0.485 e. The summed E-state index contributed by atoms with van der Waals surface area (Å²) in [7, 11) is 1.69. The van der Waals surface area contributed by atoms with E-state index in [0.29, 0.717) is 17.7 Å². The zero-order chi connectivity index (χ0) is 13.0. The molecule has 18 heavy (non-hydrogen) atoms. The van der Waals surface area contributed by atoms with Gasteiger partial charge in [-0.1, -0.05) is 17.7 Å². The van der Waals surface area contributed by atoms with Gasteiger partial charge in [0.1, 0.15) is 11.9 Å². The average Bonchev–Trinajstić information content (AvgIpc) is 3.15. The van der Waals surface area contributed by atoms with Gasteiger partial charge in [-0.05, 0) is 37.5 Å². The number of rotatable bonds is 7. The fourth-order valence-electron chi connectivity index (χ4n) is 1.79. The van der Waals surface area contributed by atoms with Crippen molar-refractivity contribution in [3.63, 3.8) is 0 Å². The molecule has 0 amide bonds. The number of benzene rings is 1. The zero-order valence-corrected chi connectivity index (χ0v) is 11.7. The molecule has 1 atom stereocenters. The van der Waals surface area contributed by atoms with E-state index in [0.717, 1.165) is 17.9 Å². The molecule has 1 aromatic rings. The summed E-state index contributed by atoms with van der Waals surface area (Å²) in [6.45, 7) is 3.38. The Hall–Kier alpha value is -0.770. The molecule has 1 unspecified atom stereocenters. The third-order valence-electron chi connectivity index (χ3n) is 2.94. The first-order valence-corrected chi connectivity index (χ1v) is 6.72. The Kier molecular flexibility index (Phi) is 4.87. The summed E-state index contributed by atoms with van der Waals surface area (Å²) in [4.78, 5) is 0. The van der Waals surface area contributed by atoms with Crippen molar-refractivity contribution < 1.29 is 9.47 Å². The number of methoxy groups -OCH3 is 1. The number of hydrogen-bond donors (Lipinski definition) is 1. The molecule has 0 radical (unpaired) electrons. The van der Waals surface area contributed by atoms with Crippen molar-refractivity contribution in [2.75, 3.05) is 20.3 Å². The van der Waals surface area contributed by atoms with Gasteiger partial charge in [-0.2, -0.15) is 0 Å². The van der Waals surface area contributed by atoms with E-state index in [-0.39, 0.29) is 6.10 Å². The van der Waals surface area contributed by atoms with Gasteiger partial charge in [0.05, 0.1) is 11.6 Å². The lowest BCUT2D eigenvalue weighted by Gasteiger charge is -2.20. The normalized spacial score (nSPS) is 16.6. The third kappa shape index (κ3) is 4.16. The van der Waals surface area contributed by atoms with Gasteiger partial charge < -0.3 is 14.8 Å². The third-order valence-corrected chi connectivity index (χ3v) is 3.26. The maximum atomic E-state index is 6.13. The van der Waals surface area contributed by atoms with Crippen molar-refractivity contribution in [1.82, 2.24) is 5.32 Å². The Balaban J connectivity index is 1.94. The molecule has 0 aromatic heterocycles. The molecular weight excluding hydrogens is 250 g/mol. The lowest BCUT2D eigenvalue weighted by Crippen LogP contribution is -2.36. The summed E-state index contributed by atoms with van der Waals surface area (Å²) in [5, 5.41) is 4.09. The average molecular weight is 270 g/mol. The lowest BCUT2D eigenvalue weighted by atomic mass is 10.2. The number of hydrogen-bond acceptors (Lipinski definition) is 3. The molecule has 0 aliphatic heterocycles. The summed E-state index contributed by atoms with van der Waals surface area (Å²) in [6, 6.07) is 6.47. The summed E-state index contributed by atoms with van der Waals surface area (Å²) in [6.07, 6.45) is 2.53. The Morgan fingerprint density at radius 2 is 2.22 bits per heavy atom. The largest absolute Gasteiger partial charge is 0.485 e. The van der Waals surface area contributed by atoms with Crippen LogP contribution >= 0.6 is 11.6 Å². The van der Waals surface area contributed by atoms with Crippen LogP contribution in [0.15, 0.2) is 18.2 Å². The van der Waals surface area contributed by atoms with Crippen molar-refractivity contribution in [2.45, 2.75) is 31.9 Å². The van der Waals surface area contributed by atoms with Crippen LogP contribution in [0.1, 0.15) is 18.4 Å². The van der Waals surface area contributed by atoms with E-state index >= 15 is 0 Å². The van der Waals surface area contributed by atoms with Crippen molar-refractivity contribution in [1.29, 1.82) is 0 Å². The van der Waals surface area contributed by atoms with E-state index < -0.39 is 0 Å². The maximum Gasteiger partial charge on any atom is 0.138 e. The van der Waals surface area contributed by atoms with E-state index in [2.05, 4.69) is 5.32 Å². The number of ether oxygens (including phenoxy) is 2. The SMILES string of the molecule is COCC(CNC1CC1)Oc1cc(C)ccc1Cl. The van der Waals surface area contributed by atoms with Crippen LogP contribution in [0.25, 0.3) is 0 Å². The first-order valence-electron chi connectivity index (χ1n) is 6.34. The first kappa shape index (κ1) is 13.7. The van der Waals surface area contributed by atoms with E-state index in [1.165, 1.54) is 12.8 Å². The van der Waals surface area contributed by atoms with E-state index in [1.54, 1.807) is 7.11 Å². The number of nitrogens with one attached hydrogen (secondary N) is 1. The predicted molar refractivity (Wildman–Crippen MR) is 73.5 cm³/mol. The van der Waals surface area contributed by atoms with E-state index in [9.17, 15) is 0 Å². The molecule has 0 saturated heterocycles. The van der Waals surface area contributed by atoms with Crippen molar-refractivity contribution >= 4 is 11.6 Å². The van der Waals surface area contributed by atoms with Gasteiger partial charge in [-0.3, -0.25) is 0 Å². The number of halogens is 1. The standard InChI is InChI=1S/C14H20ClNO2/c1-10-3-6-13(15)14(7-10)18-12(9-17-2)8-16-11-4-5-11/h3,6-7,11-12,16H,4-5,8-9H2,1-2H3. The van der Waals surface area contributed by atoms with Gasteiger partial charge in [0.25, 0.3) is 0 Å². The Morgan fingerprint density at radius 1 is 1.44 bits per heavy atom. The highest BCUT2D eigenvalue weighted by Crippen LogP contribution is 2.26. The molecule has 100 valence electrons. The first-order chi connectivity index (χ1) is 8.69. The van der Waals surface area contributed by atoms with Crippen LogP contribution in [0.3, 0.4) is 0 Å². The second-order valence-corrected chi connectivity index (χ2v) is 5.22. The Morgan fingerprint density at radius 3 is 2.89 bits per heavy atom. The summed E-state index contributed by atoms with van der Waals surface area (Å²) >= 11 is 6.13. The fraction of sp³-hybridized carbons (Fsp3) is 0.571. The van der Waals surface area contributed by atoms with Crippen LogP contribution in [0.4, 0.5) is 0 Å². The van der Waals surface area contributed by atoms with Crippen LogP contribution in [0.5, 0.6) is 5.75 Å². The molecular formula is C14H20ClNO2. The van der Waals surface area contributed by atoms with Crippen molar-refractivity contribution in [3.05, 3.63) is 28.8 Å². The highest BCUT2D eigenvalue weighted by Gasteiger charge is 2.22. The quantitative estimate of drug-likeness (QED) is 0.826. The molecule has 4 heteroatoms. The summed E-state index contributed by atoms with van der Waals surface area (Å²) in [5.41, 5.74) is 1.14. The second-order valence-electron chi connectivity index (χ2n) is 4.81. The maximum absolute atomic E-state index is 6.13. The Labute approximate surface area is 113 Å². The zero-order valence-electron chi connectivity index (χ0n) is 10.9. The molecule has 1 aliphatic rings.